The Bertz CT molecular complexity index is 1160. The Morgan fingerprint density at radius 2 is 2.03 bits per heavy atom. The molecule has 1 aromatic heterocycles. The number of aromatic nitrogens is 2. The van der Waals surface area contributed by atoms with E-state index in [0.717, 1.165) is 12.0 Å². The lowest BCUT2D eigenvalue weighted by Gasteiger charge is -2.16. The first-order valence-electron chi connectivity index (χ1n) is 10.1. The summed E-state index contributed by atoms with van der Waals surface area (Å²) in [4.78, 5) is 30.4. The zero-order chi connectivity index (χ0) is 22.5. The van der Waals surface area contributed by atoms with Crippen LogP contribution in [0.15, 0.2) is 46.3 Å². The van der Waals surface area contributed by atoms with Gasteiger partial charge >= 0.3 is 0 Å². The number of rotatable bonds is 8. The van der Waals surface area contributed by atoms with Gasteiger partial charge in [0.15, 0.2) is 5.16 Å². The van der Waals surface area contributed by atoms with Crippen molar-refractivity contribution >= 4 is 40.2 Å². The van der Waals surface area contributed by atoms with Crippen LogP contribution in [0.1, 0.15) is 25.8 Å². The molecule has 0 bridgehead atoms. The number of aryl methyl sites for hydroxylation is 1. The van der Waals surface area contributed by atoms with Gasteiger partial charge in [-0.1, -0.05) is 43.3 Å². The molecule has 8 heteroatoms. The van der Waals surface area contributed by atoms with Crippen molar-refractivity contribution in [1.29, 1.82) is 0 Å². The first-order valence-corrected chi connectivity index (χ1v) is 11.4. The van der Waals surface area contributed by atoms with Crippen LogP contribution >= 0.6 is 23.4 Å². The maximum Gasteiger partial charge on any atom is 0.266 e. The average Bonchev–Trinajstić information content (AvgIpc) is 2.71. The summed E-state index contributed by atoms with van der Waals surface area (Å²) in [7, 11) is 1.56. The first-order chi connectivity index (χ1) is 14.8. The smallest absolute Gasteiger partial charge is 0.266 e. The van der Waals surface area contributed by atoms with Crippen LogP contribution in [0.25, 0.3) is 16.6 Å². The second-order valence-electron chi connectivity index (χ2n) is 7.69. The van der Waals surface area contributed by atoms with Crippen molar-refractivity contribution in [2.45, 2.75) is 32.3 Å². The molecule has 1 heterocycles. The largest absolute Gasteiger partial charge is 0.495 e. The van der Waals surface area contributed by atoms with E-state index in [0.29, 0.717) is 45.0 Å². The minimum atomic E-state index is -0.242. The summed E-state index contributed by atoms with van der Waals surface area (Å²) in [5.74, 6) is 1.10. The number of carbonyl (C=O) groups is 1. The van der Waals surface area contributed by atoms with Crippen LogP contribution in [-0.2, 0) is 4.79 Å². The Balaban J connectivity index is 2.05. The SMILES string of the molecule is COc1ccc(C)cc1-n1c(SCC(=O)NCCC(C)C)nc2cc(Cl)ccc2c1=O. The molecule has 31 heavy (non-hydrogen) atoms. The predicted octanol–water partition coefficient (Wildman–Crippen LogP) is 4.61. The summed E-state index contributed by atoms with van der Waals surface area (Å²) in [5, 5.41) is 4.26. The lowest BCUT2D eigenvalue weighted by molar-refractivity contribution is -0.118. The van der Waals surface area contributed by atoms with Crippen molar-refractivity contribution < 1.29 is 9.53 Å². The van der Waals surface area contributed by atoms with Crippen molar-refractivity contribution in [2.24, 2.45) is 5.92 Å². The highest BCUT2D eigenvalue weighted by molar-refractivity contribution is 7.99. The predicted molar refractivity (Wildman–Crippen MR) is 127 cm³/mol. The summed E-state index contributed by atoms with van der Waals surface area (Å²) in [5.41, 5.74) is 1.80. The molecule has 1 N–H and O–H groups in total. The van der Waals surface area contributed by atoms with Gasteiger partial charge in [0.05, 0.1) is 29.5 Å². The summed E-state index contributed by atoms with van der Waals surface area (Å²) >= 11 is 7.33. The highest BCUT2D eigenvalue weighted by atomic mass is 35.5. The number of fused-ring (bicyclic) bond motifs is 1. The van der Waals surface area contributed by atoms with Gasteiger partial charge in [-0.3, -0.25) is 14.2 Å². The van der Waals surface area contributed by atoms with Crippen LogP contribution in [0, 0.1) is 12.8 Å². The number of methoxy groups -OCH3 is 1. The number of halogens is 1. The summed E-state index contributed by atoms with van der Waals surface area (Å²) < 4.78 is 7.01. The topological polar surface area (TPSA) is 73.2 Å². The van der Waals surface area contributed by atoms with E-state index in [1.165, 1.54) is 16.3 Å². The van der Waals surface area contributed by atoms with Gasteiger partial charge in [0.2, 0.25) is 5.91 Å². The zero-order valence-electron chi connectivity index (χ0n) is 18.1. The van der Waals surface area contributed by atoms with Gasteiger partial charge in [-0.25, -0.2) is 4.98 Å². The third-order valence-corrected chi connectivity index (χ3v) is 5.93. The number of nitrogens with one attached hydrogen (secondary N) is 1. The van der Waals surface area contributed by atoms with E-state index in [9.17, 15) is 9.59 Å². The molecule has 0 aliphatic carbocycles. The van der Waals surface area contributed by atoms with E-state index in [1.807, 2.05) is 25.1 Å². The highest BCUT2D eigenvalue weighted by Gasteiger charge is 2.18. The van der Waals surface area contributed by atoms with E-state index >= 15 is 0 Å². The number of ether oxygens (including phenoxy) is 1. The average molecular weight is 460 g/mol. The third-order valence-electron chi connectivity index (χ3n) is 4.75. The fourth-order valence-electron chi connectivity index (χ4n) is 3.10. The van der Waals surface area contributed by atoms with Gasteiger partial charge in [-0.2, -0.15) is 0 Å². The molecule has 0 fully saturated rings. The Labute approximate surface area is 191 Å². The second-order valence-corrected chi connectivity index (χ2v) is 9.07. The Morgan fingerprint density at radius 3 is 2.74 bits per heavy atom. The molecule has 0 radical (unpaired) electrons. The molecular formula is C23H26ClN3O3S. The number of nitrogens with zero attached hydrogens (tertiary/aromatic N) is 2. The summed E-state index contributed by atoms with van der Waals surface area (Å²) in [6, 6.07) is 10.6. The van der Waals surface area contributed by atoms with Gasteiger partial charge in [-0.05, 0) is 55.2 Å². The fourth-order valence-corrected chi connectivity index (χ4v) is 4.11. The molecule has 6 nitrogen and oxygen atoms in total. The minimum absolute atomic E-state index is 0.103. The molecule has 0 saturated carbocycles. The number of amides is 1. The Morgan fingerprint density at radius 1 is 1.26 bits per heavy atom. The molecule has 1 amide bonds. The molecule has 0 spiro atoms. The normalized spacial score (nSPS) is 11.2. The van der Waals surface area contributed by atoms with E-state index in [-0.39, 0.29) is 17.2 Å². The van der Waals surface area contributed by atoms with Gasteiger partial charge < -0.3 is 10.1 Å². The number of benzene rings is 2. The van der Waals surface area contributed by atoms with Gasteiger partial charge in [-0.15, -0.1) is 0 Å². The van der Waals surface area contributed by atoms with E-state index in [2.05, 4.69) is 24.1 Å². The van der Waals surface area contributed by atoms with E-state index < -0.39 is 0 Å². The third kappa shape index (κ3) is 5.60. The van der Waals surface area contributed by atoms with Crippen LogP contribution in [0.2, 0.25) is 5.02 Å². The number of carbonyl (C=O) groups excluding carboxylic acids is 1. The van der Waals surface area contributed by atoms with Crippen molar-refractivity contribution in [3.8, 4) is 11.4 Å². The van der Waals surface area contributed by atoms with Crippen molar-refractivity contribution in [3.05, 3.63) is 57.3 Å². The van der Waals surface area contributed by atoms with Gasteiger partial charge in [0.25, 0.3) is 5.56 Å². The van der Waals surface area contributed by atoms with E-state index in [4.69, 9.17) is 16.3 Å². The van der Waals surface area contributed by atoms with Gasteiger partial charge in [0.1, 0.15) is 5.75 Å². The first kappa shape index (κ1) is 23.2. The molecule has 3 rings (SSSR count). The molecule has 0 unspecified atom stereocenters. The molecule has 2 aromatic carbocycles. The maximum absolute atomic E-state index is 13.4. The van der Waals surface area contributed by atoms with Crippen LogP contribution < -0.4 is 15.6 Å². The van der Waals surface area contributed by atoms with Crippen LogP contribution in [0.4, 0.5) is 0 Å². The summed E-state index contributed by atoms with van der Waals surface area (Å²) in [6.07, 6.45) is 0.911. The monoisotopic (exact) mass is 459 g/mol. The van der Waals surface area contributed by atoms with Gasteiger partial charge in [0, 0.05) is 11.6 Å². The van der Waals surface area contributed by atoms with Crippen molar-refractivity contribution in [1.82, 2.24) is 14.9 Å². The Hall–Kier alpha value is -2.51. The number of hydrogen-bond donors (Lipinski definition) is 1. The van der Waals surface area contributed by atoms with Crippen LogP contribution in [0.3, 0.4) is 0 Å². The van der Waals surface area contributed by atoms with Crippen molar-refractivity contribution in [2.75, 3.05) is 19.4 Å². The fraction of sp³-hybridized carbons (Fsp3) is 0.348. The quantitative estimate of drug-likeness (QED) is 0.393. The molecular weight excluding hydrogens is 434 g/mol. The Kier molecular flexibility index (Phi) is 7.62. The van der Waals surface area contributed by atoms with Crippen LogP contribution in [0.5, 0.6) is 5.75 Å². The van der Waals surface area contributed by atoms with Crippen molar-refractivity contribution in [3.63, 3.8) is 0 Å². The maximum atomic E-state index is 13.4. The lowest BCUT2D eigenvalue weighted by atomic mass is 10.1. The molecule has 0 aliphatic rings. The molecule has 0 saturated heterocycles. The standard InChI is InChI=1S/C23H26ClN3O3S/c1-14(2)9-10-25-21(28)13-31-23-26-18-12-16(24)6-7-17(18)22(29)27(23)19-11-15(3)5-8-20(19)30-4/h5-8,11-12,14H,9-10,13H2,1-4H3,(H,25,28). The lowest BCUT2D eigenvalue weighted by Crippen LogP contribution is -2.28. The molecule has 3 aromatic rings. The van der Waals surface area contributed by atoms with Crippen LogP contribution in [-0.4, -0.2) is 34.9 Å². The highest BCUT2D eigenvalue weighted by Crippen LogP contribution is 2.28. The number of thioether (sulfide) groups is 1. The minimum Gasteiger partial charge on any atom is -0.495 e. The molecule has 164 valence electrons. The zero-order valence-corrected chi connectivity index (χ0v) is 19.6. The summed E-state index contributed by atoms with van der Waals surface area (Å²) in [6.45, 7) is 6.78. The number of hydrogen-bond acceptors (Lipinski definition) is 5. The molecule has 0 atom stereocenters. The van der Waals surface area contributed by atoms with E-state index in [1.54, 1.807) is 25.3 Å². The second kappa shape index (κ2) is 10.2. The molecule has 0 aliphatic heterocycles.